The van der Waals surface area contributed by atoms with E-state index in [1.54, 1.807) is 7.05 Å². The molecule has 5 atom stereocenters. The Kier molecular flexibility index (Phi) is 7.92. The summed E-state index contributed by atoms with van der Waals surface area (Å²) in [6.07, 6.45) is -6.80. The fraction of sp³-hybridized carbons (Fsp3) is 0.458. The van der Waals surface area contributed by atoms with Gasteiger partial charge in [0.05, 0.1) is 25.4 Å². The monoisotopic (exact) mass is 520 g/mol. The van der Waals surface area contributed by atoms with Crippen molar-refractivity contribution < 1.29 is 45.7 Å². The Hall–Kier alpha value is -2.83. The van der Waals surface area contributed by atoms with Gasteiger partial charge < -0.3 is 25.2 Å². The fourth-order valence-electron chi connectivity index (χ4n) is 4.46. The van der Waals surface area contributed by atoms with E-state index in [1.165, 1.54) is 19.1 Å². The molecule has 1 heterocycles. The van der Waals surface area contributed by atoms with E-state index >= 15 is 0 Å². The van der Waals surface area contributed by atoms with Crippen molar-refractivity contribution in [2.24, 2.45) is 5.92 Å². The van der Waals surface area contributed by atoms with Crippen LogP contribution in [0, 0.1) is 23.4 Å². The van der Waals surface area contributed by atoms with Crippen LogP contribution >= 0.6 is 0 Å². The summed E-state index contributed by atoms with van der Waals surface area (Å²) in [6.45, 7) is 1.58. The molecule has 0 aliphatic carbocycles. The first-order valence-corrected chi connectivity index (χ1v) is 11.0. The molecule has 1 fully saturated rings. The van der Waals surface area contributed by atoms with Gasteiger partial charge in [-0.1, -0.05) is 19.1 Å². The Morgan fingerprint density at radius 2 is 1.83 bits per heavy atom. The topological polar surface area (TPSA) is 79.8 Å². The molecule has 3 rings (SSSR count). The van der Waals surface area contributed by atoms with Gasteiger partial charge in [-0.15, -0.1) is 0 Å². The summed E-state index contributed by atoms with van der Waals surface area (Å²) in [4.78, 5) is 13.2. The van der Waals surface area contributed by atoms with Crippen LogP contribution in [0.25, 0.3) is 0 Å². The molecule has 0 saturated carbocycles. The average molecular weight is 520 g/mol. The van der Waals surface area contributed by atoms with E-state index in [4.69, 9.17) is 9.47 Å². The smallest absolute Gasteiger partial charge is 0.417 e. The zero-order valence-electron chi connectivity index (χ0n) is 19.8. The number of rotatable bonds is 7. The molecule has 12 heteroatoms. The van der Waals surface area contributed by atoms with Gasteiger partial charge in [0.2, 0.25) is 5.82 Å². The van der Waals surface area contributed by atoms with Crippen molar-refractivity contribution in [3.63, 3.8) is 0 Å². The molecule has 1 aliphatic rings. The maximum atomic E-state index is 14.5. The van der Waals surface area contributed by atoms with E-state index in [2.05, 4.69) is 10.6 Å². The van der Waals surface area contributed by atoms with Gasteiger partial charge in [-0.3, -0.25) is 4.79 Å². The molecule has 0 bridgehead atoms. The summed E-state index contributed by atoms with van der Waals surface area (Å²) in [5.74, 6) is -8.28. The minimum Gasteiger partial charge on any atom is -0.493 e. The summed E-state index contributed by atoms with van der Waals surface area (Å²) in [5, 5.41) is 14.5. The van der Waals surface area contributed by atoms with Crippen molar-refractivity contribution in [1.29, 1.82) is 0 Å². The summed E-state index contributed by atoms with van der Waals surface area (Å²) in [6, 6.07) is 4.76. The zero-order valence-corrected chi connectivity index (χ0v) is 19.8. The second kappa shape index (κ2) is 10.3. The number of likely N-dealkylation sites (N-methyl/N-ethyl adjacent to an activating group) is 1. The first-order chi connectivity index (χ1) is 16.8. The van der Waals surface area contributed by atoms with Crippen molar-refractivity contribution in [3.05, 3.63) is 58.9 Å². The maximum absolute atomic E-state index is 14.5. The van der Waals surface area contributed by atoms with Crippen molar-refractivity contribution in [2.75, 3.05) is 26.1 Å². The molecule has 6 nitrogen and oxygen atoms in total. The number of amides is 1. The summed E-state index contributed by atoms with van der Waals surface area (Å²) < 4.78 is 95.1. The van der Waals surface area contributed by atoms with E-state index < -0.39 is 64.9 Å². The van der Waals surface area contributed by atoms with Crippen LogP contribution in [0.5, 0.6) is 5.75 Å². The number of hydrogen-bond acceptors (Lipinski definition) is 5. The molecular formula is C24H26F6N2O4. The van der Waals surface area contributed by atoms with Crippen LogP contribution in [0.4, 0.5) is 32.0 Å². The lowest BCUT2D eigenvalue weighted by molar-refractivity contribution is -0.272. The number of halogens is 6. The first-order valence-electron chi connectivity index (χ1n) is 11.0. The van der Waals surface area contributed by atoms with E-state index in [0.29, 0.717) is 11.6 Å². The van der Waals surface area contributed by atoms with Crippen LogP contribution in [0.2, 0.25) is 0 Å². The molecule has 1 aliphatic heterocycles. The molecule has 198 valence electrons. The van der Waals surface area contributed by atoms with Crippen LogP contribution in [0.3, 0.4) is 0 Å². The normalized spacial score (nSPS) is 25.0. The van der Waals surface area contributed by atoms with Crippen LogP contribution in [-0.2, 0) is 9.53 Å². The highest BCUT2D eigenvalue weighted by Crippen LogP contribution is 2.55. The fourth-order valence-corrected chi connectivity index (χ4v) is 4.46. The maximum Gasteiger partial charge on any atom is 0.417 e. The summed E-state index contributed by atoms with van der Waals surface area (Å²) >= 11 is 0. The van der Waals surface area contributed by atoms with Gasteiger partial charge in [0, 0.05) is 17.4 Å². The van der Waals surface area contributed by atoms with Gasteiger partial charge >= 0.3 is 6.18 Å². The Morgan fingerprint density at radius 1 is 1.19 bits per heavy atom. The third-order valence-corrected chi connectivity index (χ3v) is 6.75. The van der Waals surface area contributed by atoms with Crippen LogP contribution < -0.4 is 15.4 Å². The largest absolute Gasteiger partial charge is 0.493 e. The Balaban J connectivity index is 2.08. The zero-order chi connectivity index (χ0) is 27.0. The average Bonchev–Trinajstić information content (AvgIpc) is 3.10. The predicted molar refractivity (Wildman–Crippen MR) is 118 cm³/mol. The highest BCUT2D eigenvalue weighted by molar-refractivity contribution is 5.95. The second-order valence-corrected chi connectivity index (χ2v) is 8.69. The molecule has 2 aromatic carbocycles. The molecule has 36 heavy (non-hydrogen) atoms. The first kappa shape index (κ1) is 27.8. The molecule has 1 saturated heterocycles. The third kappa shape index (κ3) is 4.76. The van der Waals surface area contributed by atoms with Crippen molar-refractivity contribution in [1.82, 2.24) is 5.32 Å². The lowest BCUT2D eigenvalue weighted by Gasteiger charge is -2.32. The van der Waals surface area contributed by atoms with E-state index in [9.17, 15) is 36.2 Å². The molecule has 2 aromatic rings. The number of benzene rings is 2. The Bertz CT molecular complexity index is 1120. The molecule has 1 amide bonds. The SMILES string of the molecule is CN[C@H](CO)c1ccc(F)c(NC(=O)[C@@H]2O[C@@](C)(C(F)(F)F)[C@@H](C)[C@H]2c2ccc(F)c(F)c2OC)c1. The molecular weight excluding hydrogens is 494 g/mol. The minimum atomic E-state index is -4.93. The molecule has 0 aromatic heterocycles. The summed E-state index contributed by atoms with van der Waals surface area (Å²) in [5.41, 5.74) is -3.01. The number of ether oxygens (including phenoxy) is 2. The second-order valence-electron chi connectivity index (χ2n) is 8.69. The number of carbonyl (C=O) groups is 1. The van der Waals surface area contributed by atoms with Gasteiger partial charge in [-0.25, -0.2) is 8.78 Å². The molecule has 0 unspecified atom stereocenters. The van der Waals surface area contributed by atoms with Gasteiger partial charge in [0.1, 0.15) is 11.9 Å². The van der Waals surface area contributed by atoms with Gasteiger partial charge in [-0.05, 0) is 37.7 Å². The Labute approximate surface area is 203 Å². The number of alkyl halides is 3. The Morgan fingerprint density at radius 3 is 2.39 bits per heavy atom. The van der Waals surface area contributed by atoms with Crippen LogP contribution in [0.1, 0.15) is 36.9 Å². The van der Waals surface area contributed by atoms with Crippen LogP contribution in [-0.4, -0.2) is 49.7 Å². The van der Waals surface area contributed by atoms with Gasteiger partial charge in [0.25, 0.3) is 5.91 Å². The molecule has 0 spiro atoms. The quantitative estimate of drug-likeness (QED) is 0.471. The lowest BCUT2D eigenvalue weighted by atomic mass is 9.77. The summed E-state index contributed by atoms with van der Waals surface area (Å²) in [7, 11) is 2.56. The highest BCUT2D eigenvalue weighted by Gasteiger charge is 2.66. The number of aliphatic hydroxyl groups excluding tert-OH is 1. The van der Waals surface area contributed by atoms with Gasteiger partial charge in [0.15, 0.2) is 17.2 Å². The highest BCUT2D eigenvalue weighted by atomic mass is 19.4. The van der Waals surface area contributed by atoms with E-state index in [-0.39, 0.29) is 17.9 Å². The number of anilines is 1. The van der Waals surface area contributed by atoms with Crippen LogP contribution in [0.15, 0.2) is 30.3 Å². The number of nitrogens with one attached hydrogen (secondary N) is 2. The molecule has 0 radical (unpaired) electrons. The number of hydrogen-bond donors (Lipinski definition) is 3. The van der Waals surface area contributed by atoms with Gasteiger partial charge in [-0.2, -0.15) is 17.6 Å². The van der Waals surface area contributed by atoms with Crippen molar-refractivity contribution in [3.8, 4) is 5.75 Å². The lowest BCUT2D eigenvalue weighted by Crippen LogP contribution is -2.47. The van der Waals surface area contributed by atoms with Crippen molar-refractivity contribution in [2.45, 2.75) is 43.7 Å². The molecule has 3 N–H and O–H groups in total. The third-order valence-electron chi connectivity index (χ3n) is 6.75. The van der Waals surface area contributed by atoms with E-state index in [0.717, 1.165) is 26.2 Å². The standard InChI is InChI=1S/C24H26F6N2O4/c1-11-18(13-6-8-15(26)19(27)20(13)35-4)21(36-23(11,2)24(28,29)30)22(34)32-16-9-12(5-7-14(16)25)17(10-33)31-3/h5-9,11,17-18,21,31,33H,10H2,1-4H3,(H,32,34)/t11-,17+,18-,21+,23+/m0/s1. The number of aliphatic hydroxyl groups is 1. The number of methoxy groups -OCH3 is 1. The van der Waals surface area contributed by atoms with Crippen molar-refractivity contribution >= 4 is 11.6 Å². The van der Waals surface area contributed by atoms with E-state index in [1.807, 2.05) is 0 Å². The number of carbonyl (C=O) groups excluding carboxylic acids is 1. The predicted octanol–water partition coefficient (Wildman–Crippen LogP) is 4.44. The minimum absolute atomic E-state index is 0.207.